The smallest absolute Gasteiger partial charge is 0.223 e. The van der Waals surface area contributed by atoms with Crippen molar-refractivity contribution in [2.45, 2.75) is 57.8 Å². The largest absolute Gasteiger partial charge is 0.399 e. The summed E-state index contributed by atoms with van der Waals surface area (Å²) < 4.78 is 0. The Balaban J connectivity index is 1.37. The van der Waals surface area contributed by atoms with Crippen molar-refractivity contribution >= 4 is 17.5 Å². The van der Waals surface area contributed by atoms with Crippen molar-refractivity contribution in [3.8, 4) is 0 Å². The van der Waals surface area contributed by atoms with Crippen LogP contribution < -0.4 is 5.73 Å². The highest BCUT2D eigenvalue weighted by Gasteiger charge is 2.24. The first-order valence-electron chi connectivity index (χ1n) is 10.5. The summed E-state index contributed by atoms with van der Waals surface area (Å²) in [6, 6.07) is 7.71. The van der Waals surface area contributed by atoms with Gasteiger partial charge in [0.15, 0.2) is 0 Å². The molecule has 1 aromatic carbocycles. The molecule has 0 radical (unpaired) electrons. The Kier molecular flexibility index (Phi) is 7.13. The maximum atomic E-state index is 12.5. The second-order valence-corrected chi connectivity index (χ2v) is 8.00. The van der Waals surface area contributed by atoms with Crippen LogP contribution in [-0.2, 0) is 16.0 Å². The lowest BCUT2D eigenvalue weighted by Crippen LogP contribution is -2.50. The lowest BCUT2D eigenvalue weighted by Gasteiger charge is -2.35. The highest BCUT2D eigenvalue weighted by Crippen LogP contribution is 2.27. The molecule has 2 aliphatic rings. The van der Waals surface area contributed by atoms with E-state index in [9.17, 15) is 9.59 Å². The van der Waals surface area contributed by atoms with Gasteiger partial charge in [0.1, 0.15) is 0 Å². The Morgan fingerprint density at radius 1 is 0.889 bits per heavy atom. The van der Waals surface area contributed by atoms with Gasteiger partial charge in [-0.3, -0.25) is 9.59 Å². The van der Waals surface area contributed by atoms with Gasteiger partial charge in [-0.1, -0.05) is 50.3 Å². The van der Waals surface area contributed by atoms with Gasteiger partial charge in [0, 0.05) is 44.7 Å². The summed E-state index contributed by atoms with van der Waals surface area (Å²) in [5, 5.41) is 0. The summed E-state index contributed by atoms with van der Waals surface area (Å²) in [6.07, 6.45) is 9.46. The Morgan fingerprint density at radius 2 is 1.48 bits per heavy atom. The van der Waals surface area contributed by atoms with E-state index >= 15 is 0 Å². The Morgan fingerprint density at radius 3 is 2.11 bits per heavy atom. The van der Waals surface area contributed by atoms with Crippen LogP contribution in [0.5, 0.6) is 0 Å². The quantitative estimate of drug-likeness (QED) is 0.781. The second kappa shape index (κ2) is 9.77. The third kappa shape index (κ3) is 5.72. The molecule has 0 aromatic heterocycles. The number of hydrogen-bond donors (Lipinski definition) is 1. The summed E-state index contributed by atoms with van der Waals surface area (Å²) in [5.41, 5.74) is 7.73. The van der Waals surface area contributed by atoms with Crippen LogP contribution in [0.2, 0.25) is 0 Å². The predicted molar refractivity (Wildman–Crippen MR) is 108 cm³/mol. The molecule has 0 atom stereocenters. The molecule has 1 saturated carbocycles. The molecule has 0 bridgehead atoms. The molecular formula is C22H33N3O2. The average molecular weight is 372 g/mol. The zero-order valence-electron chi connectivity index (χ0n) is 16.4. The number of benzene rings is 1. The van der Waals surface area contributed by atoms with E-state index in [2.05, 4.69) is 0 Å². The fourth-order valence-corrected chi connectivity index (χ4v) is 4.33. The molecular weight excluding hydrogens is 338 g/mol. The fourth-order valence-electron chi connectivity index (χ4n) is 4.33. The summed E-state index contributed by atoms with van der Waals surface area (Å²) >= 11 is 0. The number of nitrogen functional groups attached to an aromatic ring is 1. The topological polar surface area (TPSA) is 66.6 Å². The number of nitrogens with two attached hydrogens (primary N) is 1. The van der Waals surface area contributed by atoms with Gasteiger partial charge in [-0.15, -0.1) is 0 Å². The number of aryl methyl sites for hydroxylation is 1. The number of carbonyl (C=O) groups excluding carboxylic acids is 2. The maximum absolute atomic E-state index is 12.5. The number of rotatable bonds is 6. The fraction of sp³-hybridized carbons (Fsp3) is 0.636. The van der Waals surface area contributed by atoms with Crippen molar-refractivity contribution < 1.29 is 9.59 Å². The summed E-state index contributed by atoms with van der Waals surface area (Å²) in [5.74, 6) is 1.17. The van der Waals surface area contributed by atoms with E-state index in [1.54, 1.807) is 0 Å². The first-order valence-corrected chi connectivity index (χ1v) is 10.5. The molecule has 5 nitrogen and oxygen atoms in total. The van der Waals surface area contributed by atoms with Gasteiger partial charge in [-0.05, 0) is 30.4 Å². The zero-order chi connectivity index (χ0) is 19.1. The molecule has 1 heterocycles. The van der Waals surface area contributed by atoms with E-state index in [0.717, 1.165) is 23.6 Å². The van der Waals surface area contributed by atoms with Crippen molar-refractivity contribution in [1.29, 1.82) is 0 Å². The van der Waals surface area contributed by atoms with Crippen LogP contribution >= 0.6 is 0 Å². The van der Waals surface area contributed by atoms with Crippen molar-refractivity contribution in [2.24, 2.45) is 5.92 Å². The van der Waals surface area contributed by atoms with E-state index in [4.69, 9.17) is 5.73 Å². The van der Waals surface area contributed by atoms with Gasteiger partial charge < -0.3 is 15.5 Å². The summed E-state index contributed by atoms with van der Waals surface area (Å²) in [6.45, 7) is 2.64. The number of piperazine rings is 1. The highest BCUT2D eigenvalue weighted by atomic mass is 16.2. The standard InChI is InChI=1S/C22H33N3O2/c23-20-9-5-4-8-19(20)11-13-22(27)25-16-14-24(15-17-25)21(26)12-10-18-6-2-1-3-7-18/h4-5,8-9,18H,1-3,6-7,10-17,23H2. The zero-order valence-corrected chi connectivity index (χ0v) is 16.4. The lowest BCUT2D eigenvalue weighted by molar-refractivity contribution is -0.139. The van der Waals surface area contributed by atoms with Crippen LogP contribution in [0.15, 0.2) is 24.3 Å². The number of carbonyl (C=O) groups is 2. The first kappa shape index (κ1) is 19.7. The monoisotopic (exact) mass is 371 g/mol. The van der Waals surface area contributed by atoms with Crippen molar-refractivity contribution in [3.05, 3.63) is 29.8 Å². The number of anilines is 1. The number of nitrogens with zero attached hydrogens (tertiary/aromatic N) is 2. The Labute approximate surface area is 162 Å². The molecule has 148 valence electrons. The molecule has 1 aromatic rings. The minimum atomic E-state index is 0.160. The normalized spacial score (nSPS) is 18.5. The summed E-state index contributed by atoms with van der Waals surface area (Å²) in [4.78, 5) is 28.8. The SMILES string of the molecule is Nc1ccccc1CCC(=O)N1CCN(C(=O)CCC2CCCCC2)CC1. The van der Waals surface area contributed by atoms with Crippen LogP contribution in [0.1, 0.15) is 56.9 Å². The highest BCUT2D eigenvalue weighted by molar-refractivity contribution is 5.78. The molecule has 3 rings (SSSR count). The number of hydrogen-bond acceptors (Lipinski definition) is 3. The predicted octanol–water partition coefficient (Wildman–Crippen LogP) is 3.23. The third-order valence-electron chi connectivity index (χ3n) is 6.14. The van der Waals surface area contributed by atoms with Crippen molar-refractivity contribution in [1.82, 2.24) is 9.80 Å². The Bertz CT molecular complexity index is 632. The van der Waals surface area contributed by atoms with Crippen LogP contribution in [0, 0.1) is 5.92 Å². The number of para-hydroxylation sites is 1. The Hall–Kier alpha value is -2.04. The average Bonchev–Trinajstić information content (AvgIpc) is 2.72. The molecule has 0 unspecified atom stereocenters. The number of amides is 2. The molecule has 1 aliphatic heterocycles. The molecule has 2 N–H and O–H groups in total. The molecule has 2 amide bonds. The minimum absolute atomic E-state index is 0.160. The minimum Gasteiger partial charge on any atom is -0.399 e. The van der Waals surface area contributed by atoms with Gasteiger partial charge in [0.2, 0.25) is 11.8 Å². The van der Waals surface area contributed by atoms with Crippen LogP contribution in [0.3, 0.4) is 0 Å². The maximum Gasteiger partial charge on any atom is 0.223 e. The van der Waals surface area contributed by atoms with Crippen molar-refractivity contribution in [3.63, 3.8) is 0 Å². The van der Waals surface area contributed by atoms with E-state index in [1.165, 1.54) is 32.1 Å². The van der Waals surface area contributed by atoms with Gasteiger partial charge in [0.05, 0.1) is 0 Å². The lowest BCUT2D eigenvalue weighted by atomic mass is 9.86. The van der Waals surface area contributed by atoms with Crippen LogP contribution in [0.25, 0.3) is 0 Å². The third-order valence-corrected chi connectivity index (χ3v) is 6.14. The van der Waals surface area contributed by atoms with Gasteiger partial charge in [-0.25, -0.2) is 0 Å². The molecule has 2 fully saturated rings. The van der Waals surface area contributed by atoms with Crippen LogP contribution in [0.4, 0.5) is 5.69 Å². The molecule has 27 heavy (non-hydrogen) atoms. The van der Waals surface area contributed by atoms with E-state index in [0.29, 0.717) is 45.4 Å². The molecule has 5 heteroatoms. The van der Waals surface area contributed by atoms with Gasteiger partial charge in [0.25, 0.3) is 0 Å². The van der Waals surface area contributed by atoms with Crippen molar-refractivity contribution in [2.75, 3.05) is 31.9 Å². The second-order valence-electron chi connectivity index (χ2n) is 8.00. The van der Waals surface area contributed by atoms with Gasteiger partial charge in [-0.2, -0.15) is 0 Å². The van der Waals surface area contributed by atoms with Crippen LogP contribution in [-0.4, -0.2) is 47.8 Å². The van der Waals surface area contributed by atoms with Gasteiger partial charge >= 0.3 is 0 Å². The molecule has 1 aliphatic carbocycles. The summed E-state index contributed by atoms with van der Waals surface area (Å²) in [7, 11) is 0. The molecule has 0 spiro atoms. The first-order chi connectivity index (χ1) is 13.1. The van der Waals surface area contributed by atoms with E-state index in [1.807, 2.05) is 34.1 Å². The van der Waals surface area contributed by atoms with E-state index < -0.39 is 0 Å². The molecule has 1 saturated heterocycles. The van der Waals surface area contributed by atoms with E-state index in [-0.39, 0.29) is 11.8 Å².